The van der Waals surface area contributed by atoms with Crippen molar-refractivity contribution in [1.29, 1.82) is 0 Å². The smallest absolute Gasteiger partial charge is 0.242 e. The minimum Gasteiger partial charge on any atom is -0.348 e. The van der Waals surface area contributed by atoms with Crippen LogP contribution in [0.4, 0.5) is 0 Å². The molecule has 0 fully saturated rings. The molecule has 1 amide bonds. The molecule has 0 radical (unpaired) electrons. The molecule has 1 unspecified atom stereocenters. The van der Waals surface area contributed by atoms with E-state index in [1.165, 1.54) is 26.2 Å². The van der Waals surface area contributed by atoms with Crippen molar-refractivity contribution in [2.75, 3.05) is 14.1 Å². The average Bonchev–Trinajstić information content (AvgIpc) is 2.38. The third kappa shape index (κ3) is 4.96. The van der Waals surface area contributed by atoms with E-state index >= 15 is 0 Å². The van der Waals surface area contributed by atoms with Crippen molar-refractivity contribution in [1.82, 2.24) is 9.62 Å². The van der Waals surface area contributed by atoms with E-state index in [0.717, 1.165) is 9.87 Å². The van der Waals surface area contributed by atoms with E-state index in [1.807, 2.05) is 6.92 Å². The van der Waals surface area contributed by atoms with Crippen molar-refractivity contribution in [3.05, 3.63) is 29.8 Å². The van der Waals surface area contributed by atoms with E-state index in [4.69, 9.17) is 5.73 Å². The molecule has 3 N–H and O–H groups in total. The number of nitrogens with zero attached hydrogens (tertiary/aromatic N) is 1. The van der Waals surface area contributed by atoms with Gasteiger partial charge in [0.1, 0.15) is 0 Å². The Morgan fingerprint density at radius 3 is 2.05 bits per heavy atom. The van der Waals surface area contributed by atoms with Crippen LogP contribution < -0.4 is 11.1 Å². The fraction of sp³-hybridized carbons (Fsp3) is 0.462. The second-order valence-electron chi connectivity index (χ2n) is 4.88. The summed E-state index contributed by atoms with van der Waals surface area (Å²) < 4.78 is 25.0. The van der Waals surface area contributed by atoms with Crippen LogP contribution in [0, 0.1) is 0 Å². The van der Waals surface area contributed by atoms with Crippen LogP contribution in [-0.4, -0.2) is 38.8 Å². The molecule has 0 heterocycles. The maximum atomic E-state index is 11.9. The third-order valence-electron chi connectivity index (χ3n) is 2.93. The van der Waals surface area contributed by atoms with Gasteiger partial charge in [0.2, 0.25) is 15.9 Å². The molecule has 2 atom stereocenters. The zero-order valence-corrected chi connectivity index (χ0v) is 14.2. The van der Waals surface area contributed by atoms with Crippen LogP contribution >= 0.6 is 12.4 Å². The van der Waals surface area contributed by atoms with Gasteiger partial charge in [-0.15, -0.1) is 12.4 Å². The van der Waals surface area contributed by atoms with Crippen LogP contribution in [0.2, 0.25) is 0 Å². The topological polar surface area (TPSA) is 92.5 Å². The van der Waals surface area contributed by atoms with Crippen molar-refractivity contribution in [3.63, 3.8) is 0 Å². The van der Waals surface area contributed by atoms with Crippen molar-refractivity contribution in [2.24, 2.45) is 5.73 Å². The van der Waals surface area contributed by atoms with Gasteiger partial charge in [0.25, 0.3) is 0 Å². The molecule has 0 saturated heterocycles. The summed E-state index contributed by atoms with van der Waals surface area (Å²) >= 11 is 0. The number of carbonyl (C=O) groups excluding carboxylic acids is 1. The van der Waals surface area contributed by atoms with E-state index in [1.54, 1.807) is 19.1 Å². The molecule has 0 aliphatic carbocycles. The summed E-state index contributed by atoms with van der Waals surface area (Å²) in [6.45, 7) is 3.42. The number of benzene rings is 1. The molecule has 8 heteroatoms. The van der Waals surface area contributed by atoms with Crippen molar-refractivity contribution < 1.29 is 13.2 Å². The second kappa shape index (κ2) is 7.74. The monoisotopic (exact) mass is 335 g/mol. The number of hydrogen-bond donors (Lipinski definition) is 2. The van der Waals surface area contributed by atoms with Gasteiger partial charge in [-0.05, 0) is 31.5 Å². The third-order valence-corrected chi connectivity index (χ3v) is 4.76. The highest BCUT2D eigenvalue weighted by Gasteiger charge is 2.18. The van der Waals surface area contributed by atoms with Crippen LogP contribution in [0.3, 0.4) is 0 Å². The Balaban J connectivity index is 0.00000400. The molecule has 0 spiro atoms. The Morgan fingerprint density at radius 1 is 1.19 bits per heavy atom. The first-order valence-electron chi connectivity index (χ1n) is 6.24. The Hall–Kier alpha value is -1.15. The second-order valence-corrected chi connectivity index (χ2v) is 7.03. The number of amides is 1. The van der Waals surface area contributed by atoms with Crippen LogP contribution in [0.15, 0.2) is 29.2 Å². The number of nitrogens with one attached hydrogen (secondary N) is 1. The summed E-state index contributed by atoms with van der Waals surface area (Å²) in [7, 11) is -0.468. The van der Waals surface area contributed by atoms with Gasteiger partial charge in [-0.25, -0.2) is 12.7 Å². The molecule has 0 aromatic heterocycles. The normalized spacial score (nSPS) is 14.2. The highest BCUT2D eigenvalue weighted by molar-refractivity contribution is 7.89. The molecule has 1 aromatic rings. The molecule has 0 saturated carbocycles. The highest BCUT2D eigenvalue weighted by Crippen LogP contribution is 2.18. The highest BCUT2D eigenvalue weighted by atomic mass is 35.5. The predicted octanol–water partition coefficient (Wildman–Crippen LogP) is 0.883. The lowest BCUT2D eigenvalue weighted by molar-refractivity contribution is -0.122. The standard InChI is InChI=1S/C13H21N3O3S.ClH/c1-9(14)13(17)15-10(2)11-5-7-12(8-6-11)20(18,19)16(3)4;/h5-10H,14H2,1-4H3,(H,15,17);1H/t9-,10?;/m1./s1. The first kappa shape index (κ1) is 19.9. The molecule has 21 heavy (non-hydrogen) atoms. The average molecular weight is 336 g/mol. The van der Waals surface area contributed by atoms with Gasteiger partial charge < -0.3 is 11.1 Å². The zero-order chi connectivity index (χ0) is 15.5. The van der Waals surface area contributed by atoms with Gasteiger partial charge in [0, 0.05) is 14.1 Å². The molecule has 1 aromatic carbocycles. The molecule has 1 rings (SSSR count). The molecule has 120 valence electrons. The van der Waals surface area contributed by atoms with Gasteiger partial charge in [-0.2, -0.15) is 0 Å². The lowest BCUT2D eigenvalue weighted by Gasteiger charge is -2.17. The Labute approximate surface area is 132 Å². The fourth-order valence-electron chi connectivity index (χ4n) is 1.57. The van der Waals surface area contributed by atoms with Crippen molar-refractivity contribution >= 4 is 28.3 Å². The van der Waals surface area contributed by atoms with Crippen LogP contribution in [0.5, 0.6) is 0 Å². The predicted molar refractivity (Wildman–Crippen MR) is 84.8 cm³/mol. The number of nitrogens with two attached hydrogens (primary N) is 1. The minimum absolute atomic E-state index is 0. The van der Waals surface area contributed by atoms with E-state index in [-0.39, 0.29) is 29.3 Å². The molecule has 0 bridgehead atoms. The van der Waals surface area contributed by atoms with Crippen molar-refractivity contribution in [2.45, 2.75) is 30.8 Å². The first-order valence-corrected chi connectivity index (χ1v) is 7.68. The maximum Gasteiger partial charge on any atom is 0.242 e. The fourth-order valence-corrected chi connectivity index (χ4v) is 2.47. The number of carbonyl (C=O) groups is 1. The Bertz CT molecular complexity index is 571. The summed E-state index contributed by atoms with van der Waals surface area (Å²) in [5.41, 5.74) is 6.30. The van der Waals surface area contributed by atoms with Gasteiger partial charge in [0.15, 0.2) is 0 Å². The number of halogens is 1. The van der Waals surface area contributed by atoms with Crippen molar-refractivity contribution in [3.8, 4) is 0 Å². The van der Waals surface area contributed by atoms with Gasteiger partial charge >= 0.3 is 0 Å². The summed E-state index contributed by atoms with van der Waals surface area (Å²) in [6, 6.07) is 5.61. The van der Waals surface area contributed by atoms with Gasteiger partial charge in [0.05, 0.1) is 17.0 Å². The van der Waals surface area contributed by atoms with Crippen LogP contribution in [-0.2, 0) is 14.8 Å². The molecular weight excluding hydrogens is 314 g/mol. The van der Waals surface area contributed by atoms with E-state index in [2.05, 4.69) is 5.32 Å². The van der Waals surface area contributed by atoms with E-state index in [0.29, 0.717) is 0 Å². The molecule has 0 aliphatic rings. The quantitative estimate of drug-likeness (QED) is 0.835. The summed E-state index contributed by atoms with van der Waals surface area (Å²) in [5, 5.41) is 2.75. The summed E-state index contributed by atoms with van der Waals surface area (Å²) in [4.78, 5) is 11.7. The van der Waals surface area contributed by atoms with E-state index < -0.39 is 16.1 Å². The van der Waals surface area contributed by atoms with Crippen LogP contribution in [0.25, 0.3) is 0 Å². The van der Waals surface area contributed by atoms with Gasteiger partial charge in [-0.3, -0.25) is 4.79 Å². The maximum absolute atomic E-state index is 11.9. The molecule has 0 aliphatic heterocycles. The Kier molecular flexibility index (Phi) is 7.32. The largest absolute Gasteiger partial charge is 0.348 e. The summed E-state index contributed by atoms with van der Waals surface area (Å²) in [5.74, 6) is -0.248. The van der Waals surface area contributed by atoms with Gasteiger partial charge in [-0.1, -0.05) is 12.1 Å². The first-order chi connectivity index (χ1) is 9.16. The lowest BCUT2D eigenvalue weighted by Crippen LogP contribution is -2.39. The molecule has 6 nitrogen and oxygen atoms in total. The zero-order valence-electron chi connectivity index (χ0n) is 12.5. The SMILES string of the molecule is CC(NC(=O)[C@@H](C)N)c1ccc(S(=O)(=O)N(C)C)cc1.Cl. The number of hydrogen-bond acceptors (Lipinski definition) is 4. The number of sulfonamides is 1. The number of rotatable bonds is 5. The minimum atomic E-state index is -3.43. The lowest BCUT2D eigenvalue weighted by atomic mass is 10.1. The van der Waals surface area contributed by atoms with E-state index in [9.17, 15) is 13.2 Å². The molecular formula is C13H22ClN3O3S. The Morgan fingerprint density at radius 2 is 1.67 bits per heavy atom. The van der Waals surface area contributed by atoms with Crippen LogP contribution in [0.1, 0.15) is 25.5 Å². The summed E-state index contributed by atoms with van der Waals surface area (Å²) in [6.07, 6.45) is 0.